The quantitative estimate of drug-likeness (QED) is 0.654. The Hall–Kier alpha value is -2.45. The van der Waals surface area contributed by atoms with Gasteiger partial charge in [-0.25, -0.2) is 0 Å². The highest BCUT2D eigenvalue weighted by atomic mass is 79.9. The molecule has 28 heavy (non-hydrogen) atoms. The van der Waals surface area contributed by atoms with Crippen molar-refractivity contribution in [1.29, 1.82) is 0 Å². The number of nitrogens with zero attached hydrogens (tertiary/aromatic N) is 1. The molecule has 0 radical (unpaired) electrons. The number of carbonyl (C=O) groups excluding carboxylic acids is 2. The molecule has 148 valence electrons. The predicted molar refractivity (Wildman–Crippen MR) is 118 cm³/mol. The second kappa shape index (κ2) is 9.66. The van der Waals surface area contributed by atoms with Crippen LogP contribution in [0, 0.1) is 0 Å². The monoisotopic (exact) mass is 463 g/mol. The standard InChI is InChI=1S/C20H22BrN3O3S/c1-12(2)27-17-10-9-13(21)11-15(17)18(25)23-20(28)22-16-8-6-5-7-14(16)19(26)24(3)4/h5-12H,1-4H3,(H2,22,23,25,28). The summed E-state index contributed by atoms with van der Waals surface area (Å²) in [6.07, 6.45) is -0.0817. The van der Waals surface area contributed by atoms with Crippen LogP contribution in [0.4, 0.5) is 5.69 Å². The third-order valence-electron chi connectivity index (χ3n) is 3.59. The van der Waals surface area contributed by atoms with Gasteiger partial charge in [0.15, 0.2) is 5.11 Å². The summed E-state index contributed by atoms with van der Waals surface area (Å²) in [5.41, 5.74) is 1.32. The maximum absolute atomic E-state index is 12.7. The lowest BCUT2D eigenvalue weighted by molar-refractivity contribution is 0.0828. The van der Waals surface area contributed by atoms with E-state index in [1.54, 1.807) is 56.6 Å². The summed E-state index contributed by atoms with van der Waals surface area (Å²) in [7, 11) is 3.34. The van der Waals surface area contributed by atoms with Gasteiger partial charge in [-0.1, -0.05) is 28.1 Å². The van der Waals surface area contributed by atoms with E-state index in [0.717, 1.165) is 4.47 Å². The average molecular weight is 464 g/mol. The largest absolute Gasteiger partial charge is 0.490 e. The molecule has 2 aromatic rings. The number of thiocarbonyl (C=S) groups is 1. The molecule has 0 aliphatic rings. The number of benzene rings is 2. The highest BCUT2D eigenvalue weighted by Crippen LogP contribution is 2.24. The Balaban J connectivity index is 2.18. The molecule has 2 rings (SSSR count). The van der Waals surface area contributed by atoms with Crippen molar-refractivity contribution < 1.29 is 14.3 Å². The molecule has 2 aromatic carbocycles. The topological polar surface area (TPSA) is 70.7 Å². The number of para-hydroxylation sites is 1. The van der Waals surface area contributed by atoms with Gasteiger partial charge in [0.2, 0.25) is 0 Å². The highest BCUT2D eigenvalue weighted by Gasteiger charge is 2.17. The van der Waals surface area contributed by atoms with Crippen LogP contribution in [0.25, 0.3) is 0 Å². The van der Waals surface area contributed by atoms with Crippen molar-refractivity contribution in [2.45, 2.75) is 20.0 Å². The Kier molecular flexibility index (Phi) is 7.53. The third-order valence-corrected chi connectivity index (χ3v) is 4.29. The molecule has 0 aromatic heterocycles. The van der Waals surface area contributed by atoms with Gasteiger partial charge in [0, 0.05) is 18.6 Å². The van der Waals surface area contributed by atoms with Gasteiger partial charge in [-0.2, -0.15) is 0 Å². The number of ether oxygens (including phenoxy) is 1. The fourth-order valence-corrected chi connectivity index (χ4v) is 2.94. The number of nitrogens with one attached hydrogen (secondary N) is 2. The van der Waals surface area contributed by atoms with E-state index in [9.17, 15) is 9.59 Å². The third kappa shape index (κ3) is 5.77. The van der Waals surface area contributed by atoms with Crippen molar-refractivity contribution in [2.24, 2.45) is 0 Å². The van der Waals surface area contributed by atoms with Crippen LogP contribution in [0.15, 0.2) is 46.9 Å². The Morgan fingerprint density at radius 1 is 1.11 bits per heavy atom. The SMILES string of the molecule is CC(C)Oc1ccc(Br)cc1C(=O)NC(=S)Nc1ccccc1C(=O)N(C)C. The Morgan fingerprint density at radius 2 is 1.79 bits per heavy atom. The van der Waals surface area contributed by atoms with Crippen LogP contribution in [-0.4, -0.2) is 42.0 Å². The van der Waals surface area contributed by atoms with Crippen molar-refractivity contribution in [3.8, 4) is 5.75 Å². The number of carbonyl (C=O) groups is 2. The lowest BCUT2D eigenvalue weighted by Crippen LogP contribution is -2.35. The van der Waals surface area contributed by atoms with E-state index in [4.69, 9.17) is 17.0 Å². The molecule has 2 N–H and O–H groups in total. The molecular weight excluding hydrogens is 442 g/mol. The minimum absolute atomic E-state index is 0.0817. The zero-order valence-corrected chi connectivity index (χ0v) is 18.5. The van der Waals surface area contributed by atoms with Gasteiger partial charge in [-0.3, -0.25) is 14.9 Å². The molecule has 0 aliphatic carbocycles. The molecule has 0 unspecified atom stereocenters. The Labute approximate surface area is 178 Å². The number of hydrogen-bond donors (Lipinski definition) is 2. The smallest absolute Gasteiger partial charge is 0.261 e. The van der Waals surface area contributed by atoms with E-state index in [2.05, 4.69) is 26.6 Å². The fourth-order valence-electron chi connectivity index (χ4n) is 2.38. The summed E-state index contributed by atoms with van der Waals surface area (Å²) in [5.74, 6) is -0.121. The first-order valence-corrected chi connectivity index (χ1v) is 9.78. The maximum atomic E-state index is 12.7. The molecule has 0 atom stereocenters. The molecule has 0 bridgehead atoms. The molecule has 2 amide bonds. The summed E-state index contributed by atoms with van der Waals surface area (Å²) in [6.45, 7) is 3.77. The lowest BCUT2D eigenvalue weighted by atomic mass is 10.1. The Bertz CT molecular complexity index is 900. The normalized spacial score (nSPS) is 10.4. The summed E-state index contributed by atoms with van der Waals surface area (Å²) in [6, 6.07) is 12.1. The van der Waals surface area contributed by atoms with Gasteiger partial charge in [0.25, 0.3) is 11.8 Å². The van der Waals surface area contributed by atoms with Gasteiger partial charge in [0.1, 0.15) is 5.75 Å². The summed E-state index contributed by atoms with van der Waals surface area (Å²) in [4.78, 5) is 26.5. The molecule has 0 heterocycles. The van der Waals surface area contributed by atoms with Gasteiger partial charge < -0.3 is 15.0 Å². The number of hydrogen-bond acceptors (Lipinski definition) is 4. The zero-order chi connectivity index (χ0) is 20.8. The highest BCUT2D eigenvalue weighted by molar-refractivity contribution is 9.10. The molecule has 0 saturated heterocycles. The van der Waals surface area contributed by atoms with E-state index in [1.807, 2.05) is 13.8 Å². The van der Waals surface area contributed by atoms with Crippen molar-refractivity contribution in [3.05, 3.63) is 58.1 Å². The van der Waals surface area contributed by atoms with Gasteiger partial charge in [-0.15, -0.1) is 0 Å². The first kappa shape index (κ1) is 21.8. The van der Waals surface area contributed by atoms with E-state index < -0.39 is 5.91 Å². The molecule has 0 fully saturated rings. The first-order valence-electron chi connectivity index (χ1n) is 8.58. The lowest BCUT2D eigenvalue weighted by Gasteiger charge is -2.17. The second-order valence-corrected chi connectivity index (χ2v) is 7.78. The zero-order valence-electron chi connectivity index (χ0n) is 16.1. The van der Waals surface area contributed by atoms with Crippen LogP contribution in [0.5, 0.6) is 5.75 Å². The van der Waals surface area contributed by atoms with Crippen molar-refractivity contribution in [1.82, 2.24) is 10.2 Å². The number of amides is 2. The molecule has 6 nitrogen and oxygen atoms in total. The predicted octanol–water partition coefficient (Wildman–Crippen LogP) is 4.06. The van der Waals surface area contributed by atoms with Crippen molar-refractivity contribution in [3.63, 3.8) is 0 Å². The van der Waals surface area contributed by atoms with E-state index in [1.165, 1.54) is 4.90 Å². The van der Waals surface area contributed by atoms with E-state index >= 15 is 0 Å². The summed E-state index contributed by atoms with van der Waals surface area (Å²) < 4.78 is 6.45. The van der Waals surface area contributed by atoms with Crippen molar-refractivity contribution >= 4 is 50.8 Å². The maximum Gasteiger partial charge on any atom is 0.261 e. The summed E-state index contributed by atoms with van der Waals surface area (Å²) in [5, 5.41) is 5.64. The summed E-state index contributed by atoms with van der Waals surface area (Å²) >= 11 is 8.63. The van der Waals surface area contributed by atoms with Crippen LogP contribution in [-0.2, 0) is 0 Å². The van der Waals surface area contributed by atoms with Crippen LogP contribution in [0.2, 0.25) is 0 Å². The molecule has 0 saturated carbocycles. The van der Waals surface area contributed by atoms with Crippen LogP contribution in [0.1, 0.15) is 34.6 Å². The van der Waals surface area contributed by atoms with Gasteiger partial charge in [-0.05, 0) is 56.4 Å². The van der Waals surface area contributed by atoms with Crippen LogP contribution < -0.4 is 15.4 Å². The number of halogens is 1. The minimum Gasteiger partial charge on any atom is -0.490 e. The van der Waals surface area contributed by atoms with E-state index in [-0.39, 0.29) is 17.1 Å². The molecule has 0 aliphatic heterocycles. The first-order chi connectivity index (χ1) is 13.2. The second-order valence-electron chi connectivity index (χ2n) is 6.46. The Morgan fingerprint density at radius 3 is 2.43 bits per heavy atom. The molecular formula is C20H22BrN3O3S. The molecule has 8 heteroatoms. The number of rotatable bonds is 5. The fraction of sp³-hybridized carbons (Fsp3) is 0.250. The van der Waals surface area contributed by atoms with E-state index in [0.29, 0.717) is 22.6 Å². The van der Waals surface area contributed by atoms with Gasteiger partial charge >= 0.3 is 0 Å². The molecule has 0 spiro atoms. The van der Waals surface area contributed by atoms with Crippen LogP contribution in [0.3, 0.4) is 0 Å². The average Bonchev–Trinajstić information content (AvgIpc) is 2.62. The van der Waals surface area contributed by atoms with Crippen molar-refractivity contribution in [2.75, 3.05) is 19.4 Å². The minimum atomic E-state index is -0.411. The van der Waals surface area contributed by atoms with Crippen LogP contribution >= 0.6 is 28.1 Å². The van der Waals surface area contributed by atoms with Gasteiger partial charge in [0.05, 0.1) is 22.9 Å². The number of anilines is 1.